The predicted molar refractivity (Wildman–Crippen MR) is 57.3 cm³/mol. The van der Waals surface area contributed by atoms with Gasteiger partial charge in [-0.2, -0.15) is 0 Å². The normalized spacial score (nSPS) is 28.2. The molecule has 0 spiro atoms. The summed E-state index contributed by atoms with van der Waals surface area (Å²) < 4.78 is 0. The molecule has 6 nitrogen and oxygen atoms in total. The molecule has 0 aromatic rings. The zero-order valence-corrected chi connectivity index (χ0v) is 9.11. The molecular weight excluding hydrogens is 217 g/mol. The molecule has 2 saturated heterocycles. The van der Waals surface area contributed by atoms with Crippen molar-refractivity contribution >= 4 is 11.9 Å². The zero-order chi connectivity index (χ0) is 12.0. The van der Waals surface area contributed by atoms with Crippen molar-refractivity contribution in [2.75, 3.05) is 13.1 Å². The van der Waals surface area contributed by atoms with E-state index in [1.54, 1.807) is 0 Å². The monoisotopic (exact) mass is 235 g/mol. The van der Waals surface area contributed by atoms with Crippen LogP contribution in [0.25, 0.3) is 0 Å². The molecule has 0 aromatic carbocycles. The topological polar surface area (TPSA) is 98.7 Å². The Balaban J connectivity index is 0.000000160. The molecular formula is C10H18N2O4. The van der Waals surface area contributed by atoms with E-state index in [0.29, 0.717) is 0 Å². The largest absolute Gasteiger partial charge is 0.480 e. The summed E-state index contributed by atoms with van der Waals surface area (Å²) in [5.41, 5.74) is 0. The van der Waals surface area contributed by atoms with E-state index >= 15 is 0 Å². The van der Waals surface area contributed by atoms with E-state index in [1.165, 1.54) is 0 Å². The van der Waals surface area contributed by atoms with Crippen molar-refractivity contribution in [1.29, 1.82) is 0 Å². The first-order chi connectivity index (χ1) is 7.61. The third-order valence-electron chi connectivity index (χ3n) is 2.72. The Kier molecular flexibility index (Phi) is 5.21. The Labute approximate surface area is 94.0 Å². The molecule has 16 heavy (non-hydrogen) atoms. The van der Waals surface area contributed by atoms with E-state index in [-0.39, 0.29) is 12.1 Å². The summed E-state index contributed by atoms with van der Waals surface area (Å²) in [7, 11) is 0. The SMILES string of the molecule is O=C(O)[C@@H]1CCCN1.O=[13C](O)[13C@@H]1[13CH2][13CH2][13CH2]N1. The molecule has 0 unspecified atom stereocenters. The number of rotatable bonds is 2. The Morgan fingerprint density at radius 2 is 1.25 bits per heavy atom. The maximum Gasteiger partial charge on any atom is 0.320 e. The molecule has 0 aliphatic carbocycles. The summed E-state index contributed by atoms with van der Waals surface area (Å²) in [6.45, 7) is 1.72. The van der Waals surface area contributed by atoms with Gasteiger partial charge in [0.05, 0.1) is 0 Å². The molecule has 0 bridgehead atoms. The van der Waals surface area contributed by atoms with E-state index in [9.17, 15) is 9.59 Å². The average Bonchev–Trinajstić information content (AvgIpc) is 2.93. The lowest BCUT2D eigenvalue weighted by Crippen LogP contribution is -2.29. The smallest absolute Gasteiger partial charge is 0.320 e. The summed E-state index contributed by atoms with van der Waals surface area (Å²) in [5, 5.41) is 22.4. The summed E-state index contributed by atoms with van der Waals surface area (Å²) in [4.78, 5) is 20.3. The first kappa shape index (κ1) is 12.9. The fraction of sp³-hybridized carbons (Fsp3) is 0.800. The van der Waals surface area contributed by atoms with Gasteiger partial charge in [0, 0.05) is 0 Å². The molecule has 0 amide bonds. The number of nitrogens with one attached hydrogen (secondary N) is 2. The van der Waals surface area contributed by atoms with Crippen molar-refractivity contribution in [2.24, 2.45) is 0 Å². The van der Waals surface area contributed by atoms with E-state index in [4.69, 9.17) is 10.2 Å². The predicted octanol–water partition coefficient (Wildman–Crippen LogP) is -0.354. The van der Waals surface area contributed by atoms with Gasteiger partial charge in [-0.25, -0.2) is 0 Å². The van der Waals surface area contributed by atoms with E-state index in [0.717, 1.165) is 38.8 Å². The van der Waals surface area contributed by atoms with Gasteiger partial charge in [0.25, 0.3) is 0 Å². The van der Waals surface area contributed by atoms with Gasteiger partial charge < -0.3 is 20.8 Å². The Hall–Kier alpha value is -1.14. The number of aliphatic carboxylic acids is 2. The summed E-state index contributed by atoms with van der Waals surface area (Å²) in [6.07, 6.45) is 3.57. The lowest BCUT2D eigenvalue weighted by Gasteiger charge is -1.99. The van der Waals surface area contributed by atoms with Crippen molar-refractivity contribution in [2.45, 2.75) is 37.8 Å². The molecule has 4 N–H and O–H groups in total. The first-order valence-electron chi connectivity index (χ1n) is 5.53. The van der Waals surface area contributed by atoms with Crippen LogP contribution in [0, 0.1) is 0 Å². The third-order valence-corrected chi connectivity index (χ3v) is 2.72. The van der Waals surface area contributed by atoms with E-state index in [1.807, 2.05) is 0 Å². The van der Waals surface area contributed by atoms with Crippen molar-refractivity contribution in [3.05, 3.63) is 0 Å². The fourth-order valence-electron chi connectivity index (χ4n) is 1.79. The minimum Gasteiger partial charge on any atom is -0.480 e. The molecule has 2 aliphatic heterocycles. The van der Waals surface area contributed by atoms with Crippen molar-refractivity contribution in [3.63, 3.8) is 0 Å². The highest BCUT2D eigenvalue weighted by molar-refractivity contribution is 5.74. The van der Waals surface area contributed by atoms with Crippen LogP contribution in [0.5, 0.6) is 0 Å². The lowest BCUT2D eigenvalue weighted by atomic mass is 10.2. The second-order valence-electron chi connectivity index (χ2n) is 3.97. The number of carboxylic acid groups (broad SMARTS) is 2. The minimum atomic E-state index is -0.720. The van der Waals surface area contributed by atoms with Gasteiger partial charge in [-0.15, -0.1) is 0 Å². The Morgan fingerprint density at radius 1 is 0.875 bits per heavy atom. The van der Waals surface area contributed by atoms with Crippen LogP contribution in [0.3, 0.4) is 0 Å². The molecule has 2 heterocycles. The minimum absolute atomic E-state index is 0.269. The Morgan fingerprint density at radius 3 is 1.38 bits per heavy atom. The molecule has 0 saturated carbocycles. The summed E-state index contributed by atoms with van der Waals surface area (Å²) in [6, 6.07) is -0.537. The molecule has 2 rings (SSSR count). The maximum absolute atomic E-state index is 10.1. The molecule has 2 fully saturated rings. The van der Waals surface area contributed by atoms with E-state index in [2.05, 4.69) is 10.6 Å². The van der Waals surface area contributed by atoms with Gasteiger partial charge in [-0.05, 0) is 38.8 Å². The Bertz CT molecular complexity index is 219. The second kappa shape index (κ2) is 6.44. The highest BCUT2D eigenvalue weighted by Crippen LogP contribution is 2.04. The quantitative estimate of drug-likeness (QED) is 0.488. The standard InChI is InChI=1S/2C5H9NO2/c2*7-5(8)4-2-1-3-6-4/h2*4,6H,1-3H2,(H,7,8)/t2*4-/m00/s1/i1+1,2+1,3+1,4+1,5+1;. The molecule has 2 aliphatic rings. The zero-order valence-electron chi connectivity index (χ0n) is 9.11. The summed E-state index contributed by atoms with van der Waals surface area (Å²) in [5.74, 6) is -1.44. The van der Waals surface area contributed by atoms with Gasteiger partial charge in [-0.1, -0.05) is 0 Å². The van der Waals surface area contributed by atoms with Crippen LogP contribution in [-0.2, 0) is 9.59 Å². The molecule has 0 radical (unpaired) electrons. The highest BCUT2D eigenvalue weighted by Gasteiger charge is 2.20. The number of carbonyl (C=O) groups is 2. The van der Waals surface area contributed by atoms with Gasteiger partial charge in [0.2, 0.25) is 0 Å². The average molecular weight is 235 g/mol. The van der Waals surface area contributed by atoms with Crippen LogP contribution in [-0.4, -0.2) is 47.3 Å². The van der Waals surface area contributed by atoms with Crippen LogP contribution in [0.15, 0.2) is 0 Å². The lowest BCUT2D eigenvalue weighted by molar-refractivity contribution is -0.140. The third kappa shape index (κ3) is 4.16. The highest BCUT2D eigenvalue weighted by atomic mass is 16.5. The fourth-order valence-corrected chi connectivity index (χ4v) is 1.79. The van der Waals surface area contributed by atoms with Crippen LogP contribution in [0.2, 0.25) is 0 Å². The van der Waals surface area contributed by atoms with E-state index < -0.39 is 11.9 Å². The van der Waals surface area contributed by atoms with Gasteiger partial charge in [0.1, 0.15) is 12.1 Å². The first-order valence-corrected chi connectivity index (χ1v) is 5.53. The number of hydrogen-bond donors (Lipinski definition) is 4. The maximum atomic E-state index is 10.1. The van der Waals surface area contributed by atoms with Crippen LogP contribution >= 0.6 is 0 Å². The molecule has 2 atom stereocenters. The van der Waals surface area contributed by atoms with Crippen molar-refractivity contribution in [3.8, 4) is 0 Å². The molecule has 0 aromatic heterocycles. The molecule has 92 valence electrons. The summed E-state index contributed by atoms with van der Waals surface area (Å²) >= 11 is 0. The van der Waals surface area contributed by atoms with Gasteiger partial charge in [0.15, 0.2) is 0 Å². The van der Waals surface area contributed by atoms with Crippen molar-refractivity contribution in [1.82, 2.24) is 10.6 Å². The van der Waals surface area contributed by atoms with Gasteiger partial charge >= 0.3 is 11.9 Å². The van der Waals surface area contributed by atoms with Crippen molar-refractivity contribution < 1.29 is 19.8 Å². The number of hydrogen-bond acceptors (Lipinski definition) is 4. The number of carboxylic acids is 2. The van der Waals surface area contributed by atoms with Crippen LogP contribution in [0.4, 0.5) is 0 Å². The molecule has 6 heteroatoms. The van der Waals surface area contributed by atoms with Gasteiger partial charge in [-0.3, -0.25) is 9.59 Å². The van der Waals surface area contributed by atoms with Crippen LogP contribution < -0.4 is 10.6 Å². The van der Waals surface area contributed by atoms with Crippen LogP contribution in [0.1, 0.15) is 25.7 Å². The second-order valence-corrected chi connectivity index (χ2v) is 3.97.